The molecule has 4 heteroatoms. The Labute approximate surface area is 85.2 Å². The van der Waals surface area contributed by atoms with Crippen molar-refractivity contribution < 1.29 is 4.79 Å². The molecule has 0 aromatic heterocycles. The van der Waals surface area contributed by atoms with E-state index in [1.807, 2.05) is 0 Å². The Morgan fingerprint density at radius 3 is 2.42 bits per heavy atom. The molecule has 0 aliphatic heterocycles. The lowest BCUT2D eigenvalue weighted by Crippen LogP contribution is -1.93. The Morgan fingerprint density at radius 2 is 1.92 bits per heavy atom. The molecule has 0 bridgehead atoms. The van der Waals surface area contributed by atoms with Crippen molar-refractivity contribution in [2.24, 2.45) is 0 Å². The summed E-state index contributed by atoms with van der Waals surface area (Å²) in [5, 5.41) is 0.282. The summed E-state index contributed by atoms with van der Waals surface area (Å²) in [6.07, 6.45) is 0. The van der Waals surface area contributed by atoms with E-state index in [9.17, 15) is 4.79 Å². The van der Waals surface area contributed by atoms with Crippen molar-refractivity contribution in [2.45, 2.75) is 6.92 Å². The molecule has 0 saturated carbocycles. The Kier molecular flexibility index (Phi) is 2.99. The predicted molar refractivity (Wildman–Crippen MR) is 51.4 cm³/mol. The normalized spacial score (nSPS) is 10.0. The van der Waals surface area contributed by atoms with E-state index in [1.54, 1.807) is 19.1 Å². The maximum absolute atomic E-state index is 10.8. The summed E-state index contributed by atoms with van der Waals surface area (Å²) in [5.41, 5.74) is 1.01. The monoisotopic (exact) mass is 222 g/mol. The van der Waals surface area contributed by atoms with Gasteiger partial charge in [0.25, 0.3) is 5.24 Å². The number of carbonyl (C=O) groups excluding carboxylic acids is 1. The summed E-state index contributed by atoms with van der Waals surface area (Å²) < 4.78 is 0. The Balaban J connectivity index is 3.36. The number of halogens is 3. The minimum Gasteiger partial charge on any atom is -0.276 e. The van der Waals surface area contributed by atoms with Crippen molar-refractivity contribution in [3.05, 3.63) is 33.3 Å². The fraction of sp³-hybridized carbons (Fsp3) is 0.125. The largest absolute Gasteiger partial charge is 0.276 e. The molecule has 0 radical (unpaired) electrons. The first-order chi connectivity index (χ1) is 5.54. The van der Waals surface area contributed by atoms with Crippen molar-refractivity contribution in [2.75, 3.05) is 0 Å². The zero-order chi connectivity index (χ0) is 9.30. The SMILES string of the molecule is Cc1c(C(=O)Cl)ccc(Cl)c1Cl. The number of hydrogen-bond donors (Lipinski definition) is 0. The molecule has 0 N–H and O–H groups in total. The second kappa shape index (κ2) is 3.65. The molecule has 0 aliphatic carbocycles. The lowest BCUT2D eigenvalue weighted by atomic mass is 10.1. The van der Waals surface area contributed by atoms with Crippen LogP contribution in [0.15, 0.2) is 12.1 Å². The minimum absolute atomic E-state index is 0.378. The number of rotatable bonds is 1. The zero-order valence-electron chi connectivity index (χ0n) is 6.20. The van der Waals surface area contributed by atoms with Gasteiger partial charge < -0.3 is 0 Å². The van der Waals surface area contributed by atoms with Crippen LogP contribution in [0.2, 0.25) is 10.0 Å². The zero-order valence-corrected chi connectivity index (χ0v) is 8.46. The maximum Gasteiger partial charge on any atom is 0.252 e. The van der Waals surface area contributed by atoms with Crippen LogP contribution in [0.5, 0.6) is 0 Å². The molecule has 1 aromatic carbocycles. The smallest absolute Gasteiger partial charge is 0.252 e. The molecule has 1 rings (SSSR count). The summed E-state index contributed by atoms with van der Waals surface area (Å²) in [6, 6.07) is 3.10. The molecule has 0 atom stereocenters. The summed E-state index contributed by atoms with van der Waals surface area (Å²) in [4.78, 5) is 10.8. The molecular formula is C8H5Cl3O. The molecule has 64 valence electrons. The van der Waals surface area contributed by atoms with E-state index in [-0.39, 0.29) is 0 Å². The van der Waals surface area contributed by atoms with Gasteiger partial charge in [0.1, 0.15) is 0 Å². The molecule has 1 nitrogen and oxygen atoms in total. The van der Waals surface area contributed by atoms with Gasteiger partial charge in [0.2, 0.25) is 0 Å². The molecule has 0 unspecified atom stereocenters. The standard InChI is InChI=1S/C8H5Cl3O/c1-4-5(8(11)12)2-3-6(9)7(4)10/h2-3H,1H3. The Hall–Kier alpha value is -0.240. The first kappa shape index (κ1) is 9.85. The van der Waals surface area contributed by atoms with Gasteiger partial charge in [0.05, 0.1) is 10.0 Å². The minimum atomic E-state index is -0.522. The number of benzene rings is 1. The lowest BCUT2D eigenvalue weighted by Gasteiger charge is -2.03. The molecule has 0 heterocycles. The van der Waals surface area contributed by atoms with Gasteiger partial charge in [-0.15, -0.1) is 0 Å². The van der Waals surface area contributed by atoms with E-state index in [2.05, 4.69) is 0 Å². The average Bonchev–Trinajstić information content (AvgIpc) is 2.00. The third-order valence-corrected chi connectivity index (χ3v) is 2.65. The first-order valence-corrected chi connectivity index (χ1v) is 4.32. The molecule has 0 amide bonds. The molecule has 0 aliphatic rings. The molecule has 1 aromatic rings. The molecule has 12 heavy (non-hydrogen) atoms. The van der Waals surface area contributed by atoms with Crippen LogP contribution >= 0.6 is 34.8 Å². The van der Waals surface area contributed by atoms with E-state index in [4.69, 9.17) is 34.8 Å². The van der Waals surface area contributed by atoms with E-state index < -0.39 is 5.24 Å². The summed E-state index contributed by atoms with van der Waals surface area (Å²) in [7, 11) is 0. The van der Waals surface area contributed by atoms with Crippen LogP contribution in [0.3, 0.4) is 0 Å². The fourth-order valence-electron chi connectivity index (χ4n) is 0.865. The van der Waals surface area contributed by atoms with E-state index in [0.29, 0.717) is 21.2 Å². The predicted octanol–water partition coefficient (Wildman–Crippen LogP) is 3.68. The number of hydrogen-bond acceptors (Lipinski definition) is 1. The third kappa shape index (κ3) is 1.74. The highest BCUT2D eigenvalue weighted by atomic mass is 35.5. The molecule has 0 fully saturated rings. The van der Waals surface area contributed by atoms with Crippen LogP contribution in [0.4, 0.5) is 0 Å². The Bertz CT molecular complexity index is 333. The molecule has 0 saturated heterocycles. The van der Waals surface area contributed by atoms with Gasteiger partial charge in [-0.1, -0.05) is 23.2 Å². The van der Waals surface area contributed by atoms with Gasteiger partial charge in [-0.3, -0.25) is 4.79 Å². The van der Waals surface area contributed by atoms with Gasteiger partial charge in [-0.25, -0.2) is 0 Å². The quantitative estimate of drug-likeness (QED) is 0.664. The fourth-order valence-corrected chi connectivity index (χ4v) is 1.44. The average molecular weight is 223 g/mol. The number of carbonyl (C=O) groups is 1. The highest BCUT2D eigenvalue weighted by Gasteiger charge is 2.10. The second-order valence-electron chi connectivity index (χ2n) is 2.31. The Morgan fingerprint density at radius 1 is 1.33 bits per heavy atom. The van der Waals surface area contributed by atoms with Crippen molar-refractivity contribution >= 4 is 40.0 Å². The topological polar surface area (TPSA) is 17.1 Å². The van der Waals surface area contributed by atoms with Gasteiger partial charge in [0, 0.05) is 5.56 Å². The first-order valence-electron chi connectivity index (χ1n) is 3.18. The van der Waals surface area contributed by atoms with Gasteiger partial charge in [-0.05, 0) is 36.2 Å². The lowest BCUT2D eigenvalue weighted by molar-refractivity contribution is 0.108. The van der Waals surface area contributed by atoms with E-state index >= 15 is 0 Å². The molecule has 0 spiro atoms. The van der Waals surface area contributed by atoms with Crippen molar-refractivity contribution in [1.82, 2.24) is 0 Å². The van der Waals surface area contributed by atoms with E-state index in [1.165, 1.54) is 0 Å². The van der Waals surface area contributed by atoms with Crippen LogP contribution in [0.1, 0.15) is 15.9 Å². The highest BCUT2D eigenvalue weighted by molar-refractivity contribution is 6.68. The summed E-state index contributed by atoms with van der Waals surface area (Å²) in [6.45, 7) is 1.70. The van der Waals surface area contributed by atoms with Gasteiger partial charge in [0.15, 0.2) is 0 Å². The summed E-state index contributed by atoms with van der Waals surface area (Å²) >= 11 is 16.8. The van der Waals surface area contributed by atoms with Crippen LogP contribution in [-0.2, 0) is 0 Å². The van der Waals surface area contributed by atoms with E-state index in [0.717, 1.165) is 0 Å². The van der Waals surface area contributed by atoms with Crippen molar-refractivity contribution in [1.29, 1.82) is 0 Å². The van der Waals surface area contributed by atoms with Crippen LogP contribution in [0, 0.1) is 6.92 Å². The molecular weight excluding hydrogens is 218 g/mol. The van der Waals surface area contributed by atoms with Crippen LogP contribution in [-0.4, -0.2) is 5.24 Å². The van der Waals surface area contributed by atoms with Crippen LogP contribution in [0.25, 0.3) is 0 Å². The van der Waals surface area contributed by atoms with Gasteiger partial charge >= 0.3 is 0 Å². The van der Waals surface area contributed by atoms with Crippen LogP contribution < -0.4 is 0 Å². The maximum atomic E-state index is 10.8. The van der Waals surface area contributed by atoms with Crippen molar-refractivity contribution in [3.63, 3.8) is 0 Å². The third-order valence-electron chi connectivity index (χ3n) is 1.55. The van der Waals surface area contributed by atoms with Gasteiger partial charge in [-0.2, -0.15) is 0 Å². The highest BCUT2D eigenvalue weighted by Crippen LogP contribution is 2.28. The van der Waals surface area contributed by atoms with Crippen molar-refractivity contribution in [3.8, 4) is 0 Å². The summed E-state index contributed by atoms with van der Waals surface area (Å²) in [5.74, 6) is 0. The second-order valence-corrected chi connectivity index (χ2v) is 3.44.